The van der Waals surface area contributed by atoms with Crippen LogP contribution in [-0.4, -0.2) is 25.2 Å². The summed E-state index contributed by atoms with van der Waals surface area (Å²) in [5.74, 6) is 0.0236. The van der Waals surface area contributed by atoms with E-state index in [9.17, 15) is 9.59 Å². The summed E-state index contributed by atoms with van der Waals surface area (Å²) in [5, 5.41) is 5.23. The number of carbonyl (C=O) groups is 2. The fraction of sp³-hybridized carbons (Fsp3) is 0.467. The van der Waals surface area contributed by atoms with Gasteiger partial charge in [0.25, 0.3) is 0 Å². The van der Waals surface area contributed by atoms with Crippen molar-refractivity contribution in [1.82, 2.24) is 10.6 Å². The van der Waals surface area contributed by atoms with Crippen molar-refractivity contribution in [2.45, 2.75) is 26.8 Å². The number of rotatable bonds is 6. The molecule has 0 aliphatic rings. The maximum atomic E-state index is 11.7. The molecule has 0 aromatic heterocycles. The zero-order chi connectivity index (χ0) is 15.0. The molecule has 1 atom stereocenters. The van der Waals surface area contributed by atoms with Gasteiger partial charge in [-0.25, -0.2) is 4.79 Å². The molecule has 5 nitrogen and oxygen atoms in total. The van der Waals surface area contributed by atoms with Crippen LogP contribution in [0.5, 0.6) is 0 Å². The van der Waals surface area contributed by atoms with Crippen molar-refractivity contribution in [3.8, 4) is 0 Å². The largest absolute Gasteiger partial charge is 0.449 e. The van der Waals surface area contributed by atoms with Crippen molar-refractivity contribution >= 4 is 12.0 Å². The lowest BCUT2D eigenvalue weighted by Gasteiger charge is -2.14. The predicted octanol–water partition coefficient (Wildman–Crippen LogP) is 2.25. The highest BCUT2D eigenvalue weighted by molar-refractivity contribution is 5.82. The minimum Gasteiger partial charge on any atom is -0.449 e. The van der Waals surface area contributed by atoms with Crippen LogP contribution in [0.25, 0.3) is 0 Å². The number of nitrogens with one attached hydrogen (secondary N) is 2. The second-order valence-corrected chi connectivity index (χ2v) is 5.05. The van der Waals surface area contributed by atoms with Gasteiger partial charge in [0.15, 0.2) is 0 Å². The molecule has 0 aliphatic carbocycles. The molecular weight excluding hydrogens is 256 g/mol. The molecular formula is C15H22N2O3. The van der Waals surface area contributed by atoms with Gasteiger partial charge in [-0.2, -0.15) is 0 Å². The second-order valence-electron chi connectivity index (χ2n) is 5.05. The minimum atomic E-state index is -0.568. The average Bonchev–Trinajstić information content (AvgIpc) is 2.43. The molecule has 0 spiro atoms. The molecule has 1 aromatic carbocycles. The van der Waals surface area contributed by atoms with Crippen molar-refractivity contribution < 1.29 is 14.3 Å². The number of benzene rings is 1. The number of ether oxygens (including phenoxy) is 1. The Hall–Kier alpha value is -2.04. The Labute approximate surface area is 119 Å². The molecule has 5 heteroatoms. The fourth-order valence-corrected chi connectivity index (χ4v) is 1.56. The normalized spacial score (nSPS) is 11.8. The van der Waals surface area contributed by atoms with E-state index in [4.69, 9.17) is 4.74 Å². The van der Waals surface area contributed by atoms with E-state index in [0.717, 1.165) is 5.56 Å². The lowest BCUT2D eigenvalue weighted by molar-refractivity contribution is -0.120. The number of amides is 2. The second kappa shape index (κ2) is 8.19. The Morgan fingerprint density at radius 2 is 1.80 bits per heavy atom. The Morgan fingerprint density at radius 1 is 1.15 bits per heavy atom. The molecule has 2 amide bonds. The smallest absolute Gasteiger partial charge is 0.407 e. The molecule has 1 rings (SSSR count). The Kier molecular flexibility index (Phi) is 6.56. The molecule has 0 saturated heterocycles. The van der Waals surface area contributed by atoms with Crippen LogP contribution in [0.4, 0.5) is 4.79 Å². The van der Waals surface area contributed by atoms with Gasteiger partial charge in [-0.05, 0) is 18.4 Å². The first kappa shape index (κ1) is 16.0. The third kappa shape index (κ3) is 6.22. The zero-order valence-corrected chi connectivity index (χ0v) is 12.2. The first-order valence-corrected chi connectivity index (χ1v) is 6.74. The first-order valence-electron chi connectivity index (χ1n) is 6.74. The van der Waals surface area contributed by atoms with Crippen LogP contribution < -0.4 is 10.6 Å². The first-order chi connectivity index (χ1) is 9.49. The average molecular weight is 278 g/mol. The topological polar surface area (TPSA) is 67.4 Å². The summed E-state index contributed by atoms with van der Waals surface area (Å²) in [6.07, 6.45) is -0.568. The third-order valence-electron chi connectivity index (χ3n) is 2.62. The van der Waals surface area contributed by atoms with Crippen LogP contribution in [0.15, 0.2) is 30.3 Å². The summed E-state index contributed by atoms with van der Waals surface area (Å²) < 4.78 is 4.91. The van der Waals surface area contributed by atoms with Gasteiger partial charge in [0.2, 0.25) is 5.91 Å². The van der Waals surface area contributed by atoms with E-state index in [-0.39, 0.29) is 24.4 Å². The van der Waals surface area contributed by atoms with Gasteiger partial charge in [-0.3, -0.25) is 4.79 Å². The monoisotopic (exact) mass is 278 g/mol. The van der Waals surface area contributed by atoms with Gasteiger partial charge in [0.1, 0.15) is 6.54 Å². The van der Waals surface area contributed by atoms with Crippen LogP contribution >= 0.6 is 0 Å². The van der Waals surface area contributed by atoms with E-state index in [0.29, 0.717) is 6.61 Å². The summed E-state index contributed by atoms with van der Waals surface area (Å²) in [6.45, 7) is 6.04. The van der Waals surface area contributed by atoms with Crippen molar-refractivity contribution in [2.75, 3.05) is 13.2 Å². The highest BCUT2D eigenvalue weighted by atomic mass is 16.5. The molecule has 1 aromatic rings. The highest BCUT2D eigenvalue weighted by Crippen LogP contribution is 2.10. The summed E-state index contributed by atoms with van der Waals surface area (Å²) >= 11 is 0. The summed E-state index contributed by atoms with van der Waals surface area (Å²) in [4.78, 5) is 23.0. The standard InChI is InChI=1S/C15H22N2O3/c1-11(2)10-20-15(19)16-9-14(18)17-12(3)13-7-5-4-6-8-13/h4-8,11-12H,9-10H2,1-3H3,(H,16,19)(H,17,18)/t12-/m1/s1. The molecule has 0 bridgehead atoms. The van der Waals surface area contributed by atoms with E-state index in [2.05, 4.69) is 10.6 Å². The molecule has 2 N–H and O–H groups in total. The lowest BCUT2D eigenvalue weighted by Crippen LogP contribution is -2.38. The van der Waals surface area contributed by atoms with Gasteiger partial charge in [-0.15, -0.1) is 0 Å². The maximum absolute atomic E-state index is 11.7. The van der Waals surface area contributed by atoms with Crippen molar-refractivity contribution in [3.05, 3.63) is 35.9 Å². The third-order valence-corrected chi connectivity index (χ3v) is 2.62. The van der Waals surface area contributed by atoms with E-state index >= 15 is 0 Å². The molecule has 0 heterocycles. The number of carbonyl (C=O) groups excluding carboxylic acids is 2. The molecule has 20 heavy (non-hydrogen) atoms. The molecule has 0 aliphatic heterocycles. The van der Waals surface area contributed by atoms with Crippen molar-refractivity contribution in [3.63, 3.8) is 0 Å². The fourth-order valence-electron chi connectivity index (χ4n) is 1.56. The van der Waals surface area contributed by atoms with Gasteiger partial charge in [-0.1, -0.05) is 44.2 Å². The SMILES string of the molecule is CC(C)COC(=O)NCC(=O)N[C@H](C)c1ccccc1. The van der Waals surface area contributed by atoms with Gasteiger partial charge in [0.05, 0.1) is 12.6 Å². The molecule has 0 fully saturated rings. The zero-order valence-electron chi connectivity index (χ0n) is 12.2. The predicted molar refractivity (Wildman–Crippen MR) is 77.2 cm³/mol. The quantitative estimate of drug-likeness (QED) is 0.838. The Morgan fingerprint density at radius 3 is 2.40 bits per heavy atom. The van der Waals surface area contributed by atoms with E-state index < -0.39 is 6.09 Å². The van der Waals surface area contributed by atoms with E-state index in [1.165, 1.54) is 0 Å². The van der Waals surface area contributed by atoms with E-state index in [1.807, 2.05) is 51.1 Å². The summed E-state index contributed by atoms with van der Waals surface area (Å²) in [5.41, 5.74) is 1.02. The highest BCUT2D eigenvalue weighted by Gasteiger charge is 2.11. The van der Waals surface area contributed by atoms with Crippen LogP contribution in [0.2, 0.25) is 0 Å². The summed E-state index contributed by atoms with van der Waals surface area (Å²) in [6, 6.07) is 9.53. The van der Waals surface area contributed by atoms with E-state index in [1.54, 1.807) is 0 Å². The maximum Gasteiger partial charge on any atom is 0.407 e. The summed E-state index contributed by atoms with van der Waals surface area (Å²) in [7, 11) is 0. The Balaban J connectivity index is 2.28. The molecule has 110 valence electrons. The number of alkyl carbamates (subject to hydrolysis) is 1. The van der Waals surface area contributed by atoms with Crippen molar-refractivity contribution in [1.29, 1.82) is 0 Å². The van der Waals surface area contributed by atoms with Crippen LogP contribution in [0.3, 0.4) is 0 Å². The lowest BCUT2D eigenvalue weighted by atomic mass is 10.1. The van der Waals surface area contributed by atoms with Crippen LogP contribution in [0.1, 0.15) is 32.4 Å². The van der Waals surface area contributed by atoms with Crippen LogP contribution in [-0.2, 0) is 9.53 Å². The van der Waals surface area contributed by atoms with Gasteiger partial charge >= 0.3 is 6.09 Å². The van der Waals surface area contributed by atoms with Crippen LogP contribution in [0, 0.1) is 5.92 Å². The molecule has 0 unspecified atom stereocenters. The van der Waals surface area contributed by atoms with Gasteiger partial charge in [0, 0.05) is 0 Å². The molecule has 0 saturated carbocycles. The van der Waals surface area contributed by atoms with Gasteiger partial charge < -0.3 is 15.4 Å². The number of hydrogen-bond donors (Lipinski definition) is 2. The minimum absolute atomic E-state index is 0.0892. The Bertz CT molecular complexity index is 432. The number of hydrogen-bond acceptors (Lipinski definition) is 3. The van der Waals surface area contributed by atoms with Crippen molar-refractivity contribution in [2.24, 2.45) is 5.92 Å². The molecule has 0 radical (unpaired) electrons.